The third kappa shape index (κ3) is 2.92. The van der Waals surface area contributed by atoms with Crippen molar-refractivity contribution in [1.29, 1.82) is 0 Å². The van der Waals surface area contributed by atoms with E-state index in [-0.39, 0.29) is 12.3 Å². The highest BCUT2D eigenvalue weighted by Gasteiger charge is 2.15. The predicted octanol–water partition coefficient (Wildman–Crippen LogP) is 1.81. The summed E-state index contributed by atoms with van der Waals surface area (Å²) in [7, 11) is 0. The molecule has 5 nitrogen and oxygen atoms in total. The molecule has 0 radical (unpaired) electrons. The molecule has 1 aromatic carbocycles. The third-order valence-electron chi connectivity index (χ3n) is 3.44. The number of nitrogens with zero attached hydrogens (tertiary/aromatic N) is 1. The van der Waals surface area contributed by atoms with Crippen molar-refractivity contribution in [3.05, 3.63) is 23.8 Å². The molecular weight excluding hydrogens is 256 g/mol. The Labute approximate surface area is 118 Å². The van der Waals surface area contributed by atoms with Crippen molar-refractivity contribution in [2.45, 2.75) is 19.3 Å². The molecule has 0 aliphatic carbocycles. The van der Waals surface area contributed by atoms with Crippen molar-refractivity contribution >= 4 is 11.6 Å². The maximum absolute atomic E-state index is 12.2. The van der Waals surface area contributed by atoms with Gasteiger partial charge in [0.05, 0.1) is 12.4 Å². The summed E-state index contributed by atoms with van der Waals surface area (Å²) >= 11 is 0. The molecule has 20 heavy (non-hydrogen) atoms. The number of carbonyl (C=O) groups excluding carboxylic acids is 1. The minimum absolute atomic E-state index is 0.0373. The van der Waals surface area contributed by atoms with E-state index in [0.717, 1.165) is 31.6 Å². The second-order valence-electron chi connectivity index (χ2n) is 4.92. The summed E-state index contributed by atoms with van der Waals surface area (Å²) in [6.45, 7) is 2.22. The first-order valence-electron chi connectivity index (χ1n) is 7.03. The lowest BCUT2D eigenvalue weighted by Crippen LogP contribution is -2.31. The number of ether oxygens (including phenoxy) is 2. The van der Waals surface area contributed by atoms with E-state index in [9.17, 15) is 4.79 Å². The topological polar surface area (TPSA) is 59.9 Å². The fourth-order valence-electron chi connectivity index (χ4n) is 2.34. The van der Waals surface area contributed by atoms with Gasteiger partial charge in [-0.1, -0.05) is 0 Å². The van der Waals surface area contributed by atoms with Crippen molar-refractivity contribution in [3.8, 4) is 11.5 Å². The van der Waals surface area contributed by atoms with Gasteiger partial charge >= 0.3 is 0 Å². The molecule has 0 amide bonds. The van der Waals surface area contributed by atoms with Gasteiger partial charge in [0.1, 0.15) is 13.2 Å². The number of carbonyl (C=O) groups is 1. The summed E-state index contributed by atoms with van der Waals surface area (Å²) in [5.41, 5.74) is 0.637. The molecule has 1 aromatic rings. The van der Waals surface area contributed by atoms with Crippen molar-refractivity contribution < 1.29 is 14.3 Å². The van der Waals surface area contributed by atoms with Crippen molar-refractivity contribution in [2.75, 3.05) is 26.3 Å². The minimum Gasteiger partial charge on any atom is -0.486 e. The summed E-state index contributed by atoms with van der Waals surface area (Å²) in [5.74, 6) is 2.34. The normalized spacial score (nSPS) is 17.3. The zero-order chi connectivity index (χ0) is 13.8. The quantitative estimate of drug-likeness (QED) is 0.854. The summed E-state index contributed by atoms with van der Waals surface area (Å²) in [5, 5.41) is 3.13. The van der Waals surface area contributed by atoms with Crippen LogP contribution in [0.3, 0.4) is 0 Å². The van der Waals surface area contributed by atoms with Gasteiger partial charge in [-0.25, -0.2) is 0 Å². The smallest absolute Gasteiger partial charge is 0.182 e. The molecule has 0 saturated carbocycles. The van der Waals surface area contributed by atoms with Gasteiger partial charge in [-0.05, 0) is 31.0 Å². The number of aliphatic imine (C=N–C) groups is 1. The SMILES string of the molecule is O=C(CNC1=NCCCC1)c1ccc2c(c1)OCCO2. The number of fused-ring (bicyclic) bond motifs is 1. The van der Waals surface area contributed by atoms with Gasteiger partial charge in [0.2, 0.25) is 0 Å². The fourth-order valence-corrected chi connectivity index (χ4v) is 2.34. The molecule has 0 atom stereocenters. The Morgan fingerprint density at radius 2 is 2.05 bits per heavy atom. The Balaban J connectivity index is 1.63. The van der Waals surface area contributed by atoms with E-state index in [1.54, 1.807) is 18.2 Å². The summed E-state index contributed by atoms with van der Waals surface area (Å²) in [6, 6.07) is 5.32. The van der Waals surface area contributed by atoms with Crippen LogP contribution in [0.5, 0.6) is 11.5 Å². The Hall–Kier alpha value is -2.04. The molecule has 1 N–H and O–H groups in total. The van der Waals surface area contributed by atoms with Crippen molar-refractivity contribution in [3.63, 3.8) is 0 Å². The maximum Gasteiger partial charge on any atom is 0.182 e. The van der Waals surface area contributed by atoms with Crippen LogP contribution in [0.1, 0.15) is 29.6 Å². The largest absolute Gasteiger partial charge is 0.486 e. The van der Waals surface area contributed by atoms with E-state index in [4.69, 9.17) is 9.47 Å². The summed E-state index contributed by atoms with van der Waals surface area (Å²) < 4.78 is 10.9. The fraction of sp³-hybridized carbons (Fsp3) is 0.467. The predicted molar refractivity (Wildman–Crippen MR) is 75.9 cm³/mol. The Morgan fingerprint density at radius 3 is 2.85 bits per heavy atom. The first-order valence-corrected chi connectivity index (χ1v) is 7.03. The number of Topliss-reactive ketones (excluding diaryl/α,β-unsaturated/α-hetero) is 1. The lowest BCUT2D eigenvalue weighted by Gasteiger charge is -2.19. The first kappa shape index (κ1) is 13.0. The molecular formula is C15H18N2O3. The molecule has 2 aliphatic heterocycles. The average Bonchev–Trinajstić information content (AvgIpc) is 2.53. The van der Waals surface area contributed by atoms with Crippen LogP contribution in [-0.2, 0) is 0 Å². The van der Waals surface area contributed by atoms with E-state index in [0.29, 0.717) is 30.3 Å². The summed E-state index contributed by atoms with van der Waals surface area (Å²) in [6.07, 6.45) is 3.22. The zero-order valence-corrected chi connectivity index (χ0v) is 11.4. The molecule has 0 unspecified atom stereocenters. The number of benzene rings is 1. The van der Waals surface area contributed by atoms with Crippen LogP contribution >= 0.6 is 0 Å². The number of hydrogen-bond donors (Lipinski definition) is 1. The molecule has 0 aromatic heterocycles. The molecule has 0 saturated heterocycles. The number of amidine groups is 1. The Bertz CT molecular complexity index is 540. The van der Waals surface area contributed by atoms with Crippen LogP contribution < -0.4 is 14.8 Å². The second kappa shape index (κ2) is 5.94. The number of rotatable bonds is 3. The van der Waals surface area contributed by atoms with Crippen molar-refractivity contribution in [2.24, 2.45) is 4.99 Å². The van der Waals surface area contributed by atoms with Gasteiger partial charge in [0.25, 0.3) is 0 Å². The highest BCUT2D eigenvalue weighted by molar-refractivity contribution is 6.00. The molecule has 0 fully saturated rings. The van der Waals surface area contributed by atoms with E-state index in [2.05, 4.69) is 10.3 Å². The van der Waals surface area contributed by atoms with Gasteiger partial charge in [-0.2, -0.15) is 0 Å². The average molecular weight is 274 g/mol. The lowest BCUT2D eigenvalue weighted by molar-refractivity contribution is 0.0995. The van der Waals surface area contributed by atoms with Gasteiger partial charge < -0.3 is 14.8 Å². The molecule has 106 valence electrons. The Morgan fingerprint density at radius 1 is 1.20 bits per heavy atom. The number of nitrogens with one attached hydrogen (secondary N) is 1. The minimum atomic E-state index is 0.0373. The van der Waals surface area contributed by atoms with E-state index in [1.807, 2.05) is 0 Å². The van der Waals surface area contributed by atoms with Crippen LogP contribution in [-0.4, -0.2) is 37.9 Å². The van der Waals surface area contributed by atoms with Crippen molar-refractivity contribution in [1.82, 2.24) is 5.32 Å². The number of hydrogen-bond acceptors (Lipinski definition) is 5. The highest BCUT2D eigenvalue weighted by Crippen LogP contribution is 2.30. The summed E-state index contributed by atoms with van der Waals surface area (Å²) in [4.78, 5) is 16.5. The van der Waals surface area contributed by atoms with Gasteiger partial charge in [0, 0.05) is 18.5 Å². The van der Waals surface area contributed by atoms with E-state index in [1.165, 1.54) is 0 Å². The standard InChI is InChI=1S/C15H18N2O3/c18-12(10-17-15-3-1-2-6-16-15)11-4-5-13-14(9-11)20-8-7-19-13/h4-5,9H,1-3,6-8,10H2,(H,16,17). The van der Waals surface area contributed by atoms with Gasteiger partial charge in [-0.15, -0.1) is 0 Å². The molecule has 2 aliphatic rings. The van der Waals surface area contributed by atoms with Crippen LogP contribution in [0.15, 0.2) is 23.2 Å². The van der Waals surface area contributed by atoms with E-state index >= 15 is 0 Å². The first-order chi connectivity index (χ1) is 9.83. The van der Waals surface area contributed by atoms with Crippen LogP contribution in [0.25, 0.3) is 0 Å². The lowest BCUT2D eigenvalue weighted by atomic mass is 10.1. The van der Waals surface area contributed by atoms with E-state index < -0.39 is 0 Å². The third-order valence-corrected chi connectivity index (χ3v) is 3.44. The molecule has 0 bridgehead atoms. The van der Waals surface area contributed by atoms with Gasteiger partial charge in [0.15, 0.2) is 17.3 Å². The number of ketones is 1. The molecule has 2 heterocycles. The molecule has 5 heteroatoms. The monoisotopic (exact) mass is 274 g/mol. The highest BCUT2D eigenvalue weighted by atomic mass is 16.6. The second-order valence-corrected chi connectivity index (χ2v) is 4.92. The van der Waals surface area contributed by atoms with Gasteiger partial charge in [-0.3, -0.25) is 9.79 Å². The molecule has 3 rings (SSSR count). The van der Waals surface area contributed by atoms with Crippen LogP contribution in [0.4, 0.5) is 0 Å². The van der Waals surface area contributed by atoms with Crippen LogP contribution in [0.2, 0.25) is 0 Å². The maximum atomic E-state index is 12.2. The Kier molecular flexibility index (Phi) is 3.85. The zero-order valence-electron chi connectivity index (χ0n) is 11.4. The van der Waals surface area contributed by atoms with Crippen LogP contribution in [0, 0.1) is 0 Å². The molecule has 0 spiro atoms.